The lowest BCUT2D eigenvalue weighted by molar-refractivity contribution is -0.108. The highest BCUT2D eigenvalue weighted by Gasteiger charge is 2.30. The lowest BCUT2D eigenvalue weighted by Gasteiger charge is -2.22. The van der Waals surface area contributed by atoms with Gasteiger partial charge in [-0.1, -0.05) is 58.7 Å². The van der Waals surface area contributed by atoms with Crippen molar-refractivity contribution in [1.29, 1.82) is 5.26 Å². The Bertz CT molecular complexity index is 1160. The van der Waals surface area contributed by atoms with E-state index in [1.54, 1.807) is 18.5 Å². The summed E-state index contributed by atoms with van der Waals surface area (Å²) in [5, 5.41) is 13.9. The van der Waals surface area contributed by atoms with E-state index in [9.17, 15) is 4.79 Å². The minimum absolute atomic E-state index is 0.0857. The Morgan fingerprint density at radius 1 is 1.12 bits per heavy atom. The standard InChI is InChI=1S/C20H24N5O4P.C6H12O.2C2H6.CHN/c1-14(11-26)24-30(29-15-5-3-2-4-6-15)27-12-16-7-10-19(28-16)17-8-9-18-20(21)22-13-23-25(17)18;1-7-6-4-2-3-5-6;3*1-2/h2-6,8-9,11,13-14,16,19,24H,7,10,12H2,1H3,(H2,21,22,23);6H,2-5H2,1H3;2*1-2H3;1H. The number of carbonyl (C=O) groups is 1. The lowest BCUT2D eigenvalue weighted by Crippen LogP contribution is -2.26. The molecule has 0 amide bonds. The number of fused-ring (bicyclic) bond motifs is 1. The summed E-state index contributed by atoms with van der Waals surface area (Å²) in [6.45, 7) is 13.6. The van der Waals surface area contributed by atoms with Gasteiger partial charge >= 0.3 is 8.53 Å². The number of nitrogens with one attached hydrogen (secondary N) is 1. The molecule has 3 aromatic rings. The summed E-state index contributed by atoms with van der Waals surface area (Å²) >= 11 is 0. The van der Waals surface area contributed by atoms with Crippen LogP contribution in [0.4, 0.5) is 5.82 Å². The summed E-state index contributed by atoms with van der Waals surface area (Å²) in [6, 6.07) is 12.9. The Labute approximate surface area is 258 Å². The number of ether oxygens (including phenoxy) is 2. The van der Waals surface area contributed by atoms with E-state index in [2.05, 4.69) is 21.7 Å². The molecule has 0 spiro atoms. The maximum Gasteiger partial charge on any atom is 0.318 e. The van der Waals surface area contributed by atoms with E-state index in [-0.39, 0.29) is 18.2 Å². The van der Waals surface area contributed by atoms with Crippen LogP contribution in [0.25, 0.3) is 5.52 Å². The minimum atomic E-state index is -1.49. The molecule has 43 heavy (non-hydrogen) atoms. The Kier molecular flexibility index (Phi) is 19.8. The van der Waals surface area contributed by atoms with Crippen LogP contribution in [0.15, 0.2) is 48.8 Å². The summed E-state index contributed by atoms with van der Waals surface area (Å²) in [5.41, 5.74) is 7.62. The highest BCUT2D eigenvalue weighted by molar-refractivity contribution is 7.45. The predicted octanol–water partition coefficient (Wildman–Crippen LogP) is 6.80. The van der Waals surface area contributed by atoms with E-state index in [1.165, 1.54) is 32.0 Å². The fourth-order valence-electron chi connectivity index (χ4n) is 4.40. The average molecular weight is 617 g/mol. The zero-order valence-electron chi connectivity index (χ0n) is 26.4. The maximum absolute atomic E-state index is 11.0. The second kappa shape index (κ2) is 22.4. The molecular weight excluding hydrogens is 567 g/mol. The summed E-state index contributed by atoms with van der Waals surface area (Å²) < 4.78 is 24.9. The lowest BCUT2D eigenvalue weighted by atomic mass is 10.1. The van der Waals surface area contributed by atoms with E-state index >= 15 is 0 Å². The molecule has 12 heteroatoms. The molecule has 0 radical (unpaired) electrons. The van der Waals surface area contributed by atoms with Crippen molar-refractivity contribution in [1.82, 2.24) is 19.7 Å². The molecule has 2 aromatic heterocycles. The SMILES string of the molecule is C#N.CC.CC.CC(C=O)NP(OCC1CCC(c2ccc3c(N)ncnn23)O1)Oc1ccccc1.COC1CCCC1. The summed E-state index contributed by atoms with van der Waals surface area (Å²) in [6.07, 6.45) is 9.69. The average Bonchev–Trinajstić information content (AvgIpc) is 3.85. The Morgan fingerprint density at radius 2 is 1.79 bits per heavy atom. The number of nitrogens with two attached hydrogens (primary N) is 1. The number of rotatable bonds is 10. The van der Waals surface area contributed by atoms with Crippen LogP contribution in [-0.2, 0) is 18.8 Å². The van der Waals surface area contributed by atoms with Gasteiger partial charge in [0.05, 0.1) is 30.6 Å². The number of para-hydroxylation sites is 1. The normalized spacial score (nSPS) is 18.7. The van der Waals surface area contributed by atoms with Gasteiger partial charge in [0.2, 0.25) is 0 Å². The van der Waals surface area contributed by atoms with Crippen LogP contribution in [0.3, 0.4) is 0 Å². The van der Waals surface area contributed by atoms with Gasteiger partial charge in [-0.05, 0) is 56.9 Å². The molecule has 11 nitrogen and oxygen atoms in total. The van der Waals surface area contributed by atoms with Gasteiger partial charge in [-0.2, -0.15) is 5.10 Å². The van der Waals surface area contributed by atoms with Gasteiger partial charge in [0, 0.05) is 13.7 Å². The van der Waals surface area contributed by atoms with Gasteiger partial charge in [-0.15, -0.1) is 0 Å². The largest absolute Gasteiger partial charge is 0.436 e. The van der Waals surface area contributed by atoms with Gasteiger partial charge in [-0.3, -0.25) is 0 Å². The van der Waals surface area contributed by atoms with Gasteiger partial charge in [0.25, 0.3) is 0 Å². The minimum Gasteiger partial charge on any atom is -0.436 e. The van der Waals surface area contributed by atoms with Crippen LogP contribution < -0.4 is 15.3 Å². The van der Waals surface area contributed by atoms with Crippen molar-refractivity contribution in [3.05, 3.63) is 54.5 Å². The van der Waals surface area contributed by atoms with Gasteiger partial charge in [0.15, 0.2) is 5.82 Å². The molecular formula is C31H49N6O5P. The predicted molar refractivity (Wildman–Crippen MR) is 171 cm³/mol. The van der Waals surface area contributed by atoms with Crippen molar-refractivity contribution >= 4 is 26.1 Å². The van der Waals surface area contributed by atoms with Crippen LogP contribution >= 0.6 is 8.53 Å². The second-order valence-corrected chi connectivity index (χ2v) is 10.4. The number of carbonyl (C=O) groups excluding carboxylic acids is 1. The van der Waals surface area contributed by atoms with Crippen molar-refractivity contribution in [3.8, 4) is 12.3 Å². The first-order valence-corrected chi connectivity index (χ1v) is 16.1. The van der Waals surface area contributed by atoms with Crippen molar-refractivity contribution in [2.24, 2.45) is 0 Å². The topological polar surface area (TPSA) is 146 Å². The molecule has 238 valence electrons. The third-order valence-electron chi connectivity index (χ3n) is 6.41. The highest BCUT2D eigenvalue weighted by Crippen LogP contribution is 2.39. The molecule has 1 saturated carbocycles. The first kappa shape index (κ1) is 37.9. The molecule has 2 fully saturated rings. The quantitative estimate of drug-likeness (QED) is 0.184. The van der Waals surface area contributed by atoms with Crippen molar-refractivity contribution in [3.63, 3.8) is 0 Å². The van der Waals surface area contributed by atoms with E-state index in [0.717, 1.165) is 30.3 Å². The van der Waals surface area contributed by atoms with Crippen LogP contribution in [0.1, 0.15) is 84.9 Å². The third kappa shape index (κ3) is 12.6. The zero-order valence-corrected chi connectivity index (χ0v) is 27.3. The zero-order chi connectivity index (χ0) is 32.0. The first-order chi connectivity index (χ1) is 21.1. The number of methoxy groups -OCH3 is 1. The summed E-state index contributed by atoms with van der Waals surface area (Å²) in [4.78, 5) is 15.1. The Morgan fingerprint density at radius 3 is 2.40 bits per heavy atom. The van der Waals surface area contributed by atoms with Crippen LogP contribution in [-0.4, -0.2) is 52.9 Å². The molecule has 4 atom stereocenters. The fourth-order valence-corrected chi connectivity index (χ4v) is 5.59. The Hall–Kier alpha value is -3.13. The van der Waals surface area contributed by atoms with E-state index in [0.29, 0.717) is 24.3 Å². The van der Waals surface area contributed by atoms with Gasteiger partial charge < -0.3 is 29.0 Å². The molecule has 2 aliphatic rings. The van der Waals surface area contributed by atoms with E-state index < -0.39 is 8.53 Å². The van der Waals surface area contributed by atoms with E-state index in [4.69, 9.17) is 29.5 Å². The molecule has 1 aliphatic carbocycles. The number of hydrogen-bond acceptors (Lipinski definition) is 10. The maximum atomic E-state index is 11.0. The molecule has 0 bridgehead atoms. The van der Waals surface area contributed by atoms with Gasteiger partial charge in [-0.25, -0.2) is 19.8 Å². The number of aldehydes is 1. The van der Waals surface area contributed by atoms with E-state index in [1.807, 2.05) is 70.2 Å². The number of nitriles is 1. The molecule has 3 heterocycles. The number of anilines is 1. The Balaban J connectivity index is 0.000000603. The molecule has 4 unspecified atom stereocenters. The van der Waals surface area contributed by atoms with Crippen LogP contribution in [0.2, 0.25) is 0 Å². The van der Waals surface area contributed by atoms with Crippen LogP contribution in [0, 0.1) is 11.8 Å². The molecule has 1 aliphatic heterocycles. The molecule has 1 aromatic carbocycles. The molecule has 3 N–H and O–H groups in total. The van der Waals surface area contributed by atoms with Crippen molar-refractivity contribution in [2.45, 2.75) is 97.5 Å². The number of aromatic nitrogens is 3. The van der Waals surface area contributed by atoms with Crippen molar-refractivity contribution < 1.29 is 23.3 Å². The molecule has 5 rings (SSSR count). The number of nitrogens with zero attached hydrogens (tertiary/aromatic N) is 4. The fraction of sp³-hybridized carbons (Fsp3) is 0.548. The first-order valence-electron chi connectivity index (χ1n) is 15.0. The third-order valence-corrected chi connectivity index (χ3v) is 7.78. The second-order valence-electron chi connectivity index (χ2n) is 9.18. The molecule has 1 saturated heterocycles. The van der Waals surface area contributed by atoms with Crippen molar-refractivity contribution in [2.75, 3.05) is 19.5 Å². The smallest absolute Gasteiger partial charge is 0.318 e. The number of benzene rings is 1. The number of hydrogen-bond donors (Lipinski definition) is 2. The number of nitrogen functional groups attached to an aromatic ring is 1. The van der Waals surface area contributed by atoms with Crippen LogP contribution in [0.5, 0.6) is 5.75 Å². The highest BCUT2D eigenvalue weighted by atomic mass is 31.2. The monoisotopic (exact) mass is 616 g/mol. The summed E-state index contributed by atoms with van der Waals surface area (Å²) in [5.74, 6) is 1.12. The summed E-state index contributed by atoms with van der Waals surface area (Å²) in [7, 11) is 0.308. The van der Waals surface area contributed by atoms with Gasteiger partial charge in [0.1, 0.15) is 30.0 Å².